The van der Waals surface area contributed by atoms with E-state index >= 15 is 0 Å². The highest BCUT2D eigenvalue weighted by Crippen LogP contribution is 2.19. The van der Waals surface area contributed by atoms with E-state index in [1.165, 1.54) is 4.88 Å². The van der Waals surface area contributed by atoms with Gasteiger partial charge in [0.25, 0.3) is 0 Å². The smallest absolute Gasteiger partial charge is 0.119 e. The van der Waals surface area contributed by atoms with Crippen molar-refractivity contribution in [3.63, 3.8) is 0 Å². The van der Waals surface area contributed by atoms with Gasteiger partial charge in [-0.3, -0.25) is 0 Å². The van der Waals surface area contributed by atoms with E-state index in [-0.39, 0.29) is 0 Å². The van der Waals surface area contributed by atoms with Crippen molar-refractivity contribution in [3.8, 4) is 0 Å². The zero-order valence-electron chi connectivity index (χ0n) is 6.63. The fraction of sp³-hybridized carbons (Fsp3) is 0.571. The van der Waals surface area contributed by atoms with Gasteiger partial charge in [-0.2, -0.15) is 12.6 Å². The van der Waals surface area contributed by atoms with E-state index in [1.54, 1.807) is 18.4 Å². The Morgan fingerprint density at radius 1 is 1.64 bits per heavy atom. The molecule has 1 heterocycles. The molecule has 0 aliphatic rings. The van der Waals surface area contributed by atoms with E-state index < -0.39 is 0 Å². The van der Waals surface area contributed by atoms with Gasteiger partial charge in [0.2, 0.25) is 0 Å². The summed E-state index contributed by atoms with van der Waals surface area (Å²) in [6.45, 7) is 2.61. The number of hydrogen-bond donors (Lipinski definition) is 1. The third-order valence-corrected chi connectivity index (χ3v) is 3.01. The van der Waals surface area contributed by atoms with Gasteiger partial charge in [0.05, 0.1) is 12.3 Å². The molecule has 62 valence electrons. The van der Waals surface area contributed by atoms with Crippen molar-refractivity contribution < 1.29 is 4.74 Å². The highest BCUT2D eigenvalue weighted by atomic mass is 32.1. The quantitative estimate of drug-likeness (QED) is 0.735. The fourth-order valence-corrected chi connectivity index (χ4v) is 2.14. The standard InChI is InChI=1S/C7H11NOS2/c1-5-6(4-10)11-7(8-5)3-9-2/h10H,3-4H2,1-2H3. The van der Waals surface area contributed by atoms with Crippen molar-refractivity contribution in [3.05, 3.63) is 15.6 Å². The number of aryl methyl sites for hydroxylation is 1. The predicted molar refractivity (Wildman–Crippen MR) is 50.3 cm³/mol. The summed E-state index contributed by atoms with van der Waals surface area (Å²) in [6.07, 6.45) is 0. The van der Waals surface area contributed by atoms with Gasteiger partial charge in [0.1, 0.15) is 5.01 Å². The third kappa shape index (κ3) is 2.18. The van der Waals surface area contributed by atoms with Gasteiger partial charge >= 0.3 is 0 Å². The van der Waals surface area contributed by atoms with E-state index in [9.17, 15) is 0 Å². The summed E-state index contributed by atoms with van der Waals surface area (Å²) in [7, 11) is 1.68. The fourth-order valence-electron chi connectivity index (χ4n) is 0.820. The third-order valence-electron chi connectivity index (χ3n) is 1.35. The highest BCUT2D eigenvalue weighted by molar-refractivity contribution is 7.79. The molecule has 0 atom stereocenters. The molecule has 0 spiro atoms. The van der Waals surface area contributed by atoms with Crippen LogP contribution in [-0.4, -0.2) is 12.1 Å². The summed E-state index contributed by atoms with van der Waals surface area (Å²) in [5.41, 5.74) is 1.08. The number of thiol groups is 1. The van der Waals surface area contributed by atoms with Crippen molar-refractivity contribution >= 4 is 24.0 Å². The van der Waals surface area contributed by atoms with Crippen LogP contribution >= 0.6 is 24.0 Å². The van der Waals surface area contributed by atoms with Crippen molar-refractivity contribution in [2.75, 3.05) is 7.11 Å². The van der Waals surface area contributed by atoms with Crippen LogP contribution in [-0.2, 0) is 17.1 Å². The lowest BCUT2D eigenvalue weighted by Gasteiger charge is -1.88. The minimum absolute atomic E-state index is 0.610. The molecule has 0 saturated heterocycles. The van der Waals surface area contributed by atoms with E-state index in [0.29, 0.717) is 6.61 Å². The second-order valence-electron chi connectivity index (χ2n) is 2.21. The first-order chi connectivity index (χ1) is 5.27. The van der Waals surface area contributed by atoms with Crippen LogP contribution in [0.4, 0.5) is 0 Å². The van der Waals surface area contributed by atoms with Gasteiger partial charge in [-0.15, -0.1) is 11.3 Å². The Morgan fingerprint density at radius 2 is 2.36 bits per heavy atom. The first kappa shape index (κ1) is 9.03. The van der Waals surface area contributed by atoms with Crippen molar-refractivity contribution in [1.82, 2.24) is 4.98 Å². The second-order valence-corrected chi connectivity index (χ2v) is 3.69. The summed E-state index contributed by atoms with van der Waals surface area (Å²) in [5, 5.41) is 1.04. The van der Waals surface area contributed by atoms with Crippen LogP contribution < -0.4 is 0 Å². The molecule has 0 radical (unpaired) electrons. The molecule has 0 N–H and O–H groups in total. The molecule has 1 rings (SSSR count). The summed E-state index contributed by atoms with van der Waals surface area (Å²) in [6, 6.07) is 0. The topological polar surface area (TPSA) is 22.1 Å². The minimum Gasteiger partial charge on any atom is -0.378 e. The summed E-state index contributed by atoms with van der Waals surface area (Å²) in [4.78, 5) is 5.55. The molecule has 0 unspecified atom stereocenters. The first-order valence-corrected chi connectivity index (χ1v) is 4.77. The Balaban J connectivity index is 2.77. The van der Waals surface area contributed by atoms with E-state index in [1.807, 2.05) is 6.92 Å². The van der Waals surface area contributed by atoms with Gasteiger partial charge < -0.3 is 4.74 Å². The molecule has 0 aromatic carbocycles. The lowest BCUT2D eigenvalue weighted by molar-refractivity contribution is 0.184. The molecular formula is C7H11NOS2. The SMILES string of the molecule is COCc1nc(C)c(CS)s1. The van der Waals surface area contributed by atoms with E-state index in [4.69, 9.17) is 4.74 Å². The molecule has 4 heteroatoms. The molecule has 1 aromatic rings. The van der Waals surface area contributed by atoms with Crippen molar-refractivity contribution in [2.45, 2.75) is 19.3 Å². The largest absolute Gasteiger partial charge is 0.378 e. The lowest BCUT2D eigenvalue weighted by atomic mass is 10.4. The van der Waals surface area contributed by atoms with E-state index in [2.05, 4.69) is 17.6 Å². The molecule has 0 aliphatic heterocycles. The molecule has 0 saturated carbocycles. The second kappa shape index (κ2) is 4.09. The Hall–Kier alpha value is -0.0600. The van der Waals surface area contributed by atoms with Gasteiger partial charge in [0.15, 0.2) is 0 Å². The maximum atomic E-state index is 4.96. The number of methoxy groups -OCH3 is 1. The molecule has 11 heavy (non-hydrogen) atoms. The number of hydrogen-bond acceptors (Lipinski definition) is 4. The maximum Gasteiger partial charge on any atom is 0.119 e. The predicted octanol–water partition coefficient (Wildman–Crippen LogP) is 2.03. The zero-order chi connectivity index (χ0) is 8.27. The van der Waals surface area contributed by atoms with Crippen LogP contribution in [0, 0.1) is 6.92 Å². The van der Waals surface area contributed by atoms with Crippen LogP contribution in [0.5, 0.6) is 0 Å². The van der Waals surface area contributed by atoms with Crippen LogP contribution in [0.1, 0.15) is 15.6 Å². The number of thiazole rings is 1. The number of rotatable bonds is 3. The maximum absolute atomic E-state index is 4.96. The minimum atomic E-state index is 0.610. The Labute approximate surface area is 76.0 Å². The number of aromatic nitrogens is 1. The molecule has 0 aliphatic carbocycles. The van der Waals surface area contributed by atoms with Gasteiger partial charge in [-0.1, -0.05) is 0 Å². The number of ether oxygens (including phenoxy) is 1. The summed E-state index contributed by atoms with van der Waals surface area (Å²) in [5.74, 6) is 0.771. The molecule has 0 fully saturated rings. The van der Waals surface area contributed by atoms with Crippen LogP contribution in [0.25, 0.3) is 0 Å². The first-order valence-electron chi connectivity index (χ1n) is 3.33. The van der Waals surface area contributed by atoms with Crippen molar-refractivity contribution in [2.24, 2.45) is 0 Å². The summed E-state index contributed by atoms with van der Waals surface area (Å²) >= 11 is 5.86. The number of nitrogens with zero attached hydrogens (tertiary/aromatic N) is 1. The summed E-state index contributed by atoms with van der Waals surface area (Å²) < 4.78 is 4.96. The Morgan fingerprint density at radius 3 is 2.82 bits per heavy atom. The lowest BCUT2D eigenvalue weighted by Crippen LogP contribution is -1.84. The zero-order valence-corrected chi connectivity index (χ0v) is 8.34. The van der Waals surface area contributed by atoms with Gasteiger partial charge in [-0.05, 0) is 6.92 Å². The molecule has 1 aromatic heterocycles. The highest BCUT2D eigenvalue weighted by Gasteiger charge is 2.04. The van der Waals surface area contributed by atoms with E-state index in [0.717, 1.165) is 16.5 Å². The molecule has 0 bridgehead atoms. The molecule has 2 nitrogen and oxygen atoms in total. The monoisotopic (exact) mass is 189 g/mol. The molecule has 0 amide bonds. The molecular weight excluding hydrogens is 178 g/mol. The van der Waals surface area contributed by atoms with Crippen molar-refractivity contribution in [1.29, 1.82) is 0 Å². The normalized spacial score (nSPS) is 10.5. The van der Waals surface area contributed by atoms with Crippen LogP contribution in [0.15, 0.2) is 0 Å². The Bertz CT molecular complexity index is 234. The van der Waals surface area contributed by atoms with Crippen LogP contribution in [0.3, 0.4) is 0 Å². The average molecular weight is 189 g/mol. The van der Waals surface area contributed by atoms with Crippen LogP contribution in [0.2, 0.25) is 0 Å². The van der Waals surface area contributed by atoms with Gasteiger partial charge in [-0.25, -0.2) is 4.98 Å². The van der Waals surface area contributed by atoms with Gasteiger partial charge in [0, 0.05) is 17.7 Å². The Kier molecular flexibility index (Phi) is 3.36. The average Bonchev–Trinajstić information content (AvgIpc) is 2.32.